The lowest BCUT2D eigenvalue weighted by molar-refractivity contribution is 0.569. The summed E-state index contributed by atoms with van der Waals surface area (Å²) in [4.78, 5) is 8.92. The maximum absolute atomic E-state index is 8.92. The van der Waals surface area contributed by atoms with E-state index in [1.165, 1.54) is 0 Å². The Bertz CT molecular complexity index is 39.0. The minimum absolute atomic E-state index is 0.721. The van der Waals surface area contributed by atoms with E-state index in [2.05, 4.69) is 13.8 Å². The van der Waals surface area contributed by atoms with Gasteiger partial charge in [0.25, 0.3) is 0 Å². The fourth-order valence-corrected chi connectivity index (χ4v) is 4.88. The normalized spacial score (nSPS) is 15.4. The molecule has 0 heterocycles. The van der Waals surface area contributed by atoms with Gasteiger partial charge in [0, 0.05) is 9.76 Å². The van der Waals surface area contributed by atoms with E-state index < -0.39 is 8.56 Å². The highest BCUT2D eigenvalue weighted by Crippen LogP contribution is 1.99. The second-order valence-electron chi connectivity index (χ2n) is 2.48. The fourth-order valence-electron chi connectivity index (χ4n) is 0.682. The quantitative estimate of drug-likeness (QED) is 0.491. The zero-order valence-electron chi connectivity index (χ0n) is 5.31. The summed E-state index contributed by atoms with van der Waals surface area (Å²) in [6, 6.07) is 1.12. The van der Waals surface area contributed by atoms with Gasteiger partial charge in [0.05, 0.1) is 0 Å². The molecule has 0 radical (unpaired) electrons. The van der Waals surface area contributed by atoms with Crippen molar-refractivity contribution in [1.82, 2.24) is 0 Å². The molecule has 0 rings (SSSR count). The molecule has 0 spiro atoms. The third-order valence-corrected chi connectivity index (χ3v) is 3.85. The van der Waals surface area contributed by atoms with Crippen LogP contribution in [0.3, 0.4) is 0 Å². The molecule has 0 aliphatic carbocycles. The highest BCUT2D eigenvalue weighted by atomic mass is 29.2. The zero-order valence-corrected chi connectivity index (χ0v) is 8.46. The second kappa shape index (κ2) is 3.40. The Balaban J connectivity index is 2.95. The maximum Gasteiger partial charge on any atom is 0.149 e. The molecular formula is C4H14OSi2. The van der Waals surface area contributed by atoms with Gasteiger partial charge in [-0.15, -0.1) is 0 Å². The van der Waals surface area contributed by atoms with Gasteiger partial charge in [-0.2, -0.15) is 0 Å². The van der Waals surface area contributed by atoms with Gasteiger partial charge in [-0.05, 0) is 12.0 Å². The van der Waals surface area contributed by atoms with Crippen LogP contribution in [-0.4, -0.2) is 23.1 Å². The lowest BCUT2D eigenvalue weighted by Crippen LogP contribution is -2.13. The Morgan fingerprint density at radius 3 is 2.14 bits per heavy atom. The third-order valence-electron chi connectivity index (χ3n) is 0.813. The van der Waals surface area contributed by atoms with E-state index in [9.17, 15) is 0 Å². The molecule has 0 fully saturated rings. The van der Waals surface area contributed by atoms with Crippen molar-refractivity contribution in [2.45, 2.75) is 19.9 Å². The molecule has 44 valence electrons. The topological polar surface area (TPSA) is 20.2 Å². The van der Waals surface area contributed by atoms with Crippen molar-refractivity contribution >= 4 is 18.3 Å². The predicted octanol–water partition coefficient (Wildman–Crippen LogP) is -0.779. The van der Waals surface area contributed by atoms with Crippen molar-refractivity contribution in [3.63, 3.8) is 0 Å². The van der Waals surface area contributed by atoms with Crippen molar-refractivity contribution < 1.29 is 4.80 Å². The summed E-state index contributed by atoms with van der Waals surface area (Å²) >= 11 is 0. The Morgan fingerprint density at radius 1 is 1.71 bits per heavy atom. The summed E-state index contributed by atoms with van der Waals surface area (Å²) in [5.41, 5.74) is 0. The minimum atomic E-state index is -1.09. The molecule has 1 atom stereocenters. The SMILES string of the molecule is CC(C)C[SiH](O)[SiH3]. The van der Waals surface area contributed by atoms with E-state index in [4.69, 9.17) is 4.80 Å². The first-order valence-corrected chi connectivity index (χ1v) is 8.76. The van der Waals surface area contributed by atoms with E-state index in [-0.39, 0.29) is 0 Å². The molecule has 0 amide bonds. The van der Waals surface area contributed by atoms with Gasteiger partial charge in [-0.3, -0.25) is 0 Å². The van der Waals surface area contributed by atoms with Crippen LogP contribution in [0, 0.1) is 5.92 Å². The summed E-state index contributed by atoms with van der Waals surface area (Å²) < 4.78 is 0. The van der Waals surface area contributed by atoms with Crippen LogP contribution in [-0.2, 0) is 0 Å². The Morgan fingerprint density at radius 2 is 2.14 bits per heavy atom. The van der Waals surface area contributed by atoms with Gasteiger partial charge in [0.2, 0.25) is 0 Å². The van der Waals surface area contributed by atoms with E-state index in [1.807, 2.05) is 0 Å². The molecule has 1 nitrogen and oxygen atoms in total. The summed E-state index contributed by atoms with van der Waals surface area (Å²) in [5.74, 6) is 0.721. The number of hydrogen-bond donors (Lipinski definition) is 1. The van der Waals surface area contributed by atoms with Crippen molar-refractivity contribution in [2.24, 2.45) is 5.92 Å². The van der Waals surface area contributed by atoms with Crippen LogP contribution < -0.4 is 0 Å². The van der Waals surface area contributed by atoms with E-state index >= 15 is 0 Å². The monoisotopic (exact) mass is 134 g/mol. The average Bonchev–Trinajstić information content (AvgIpc) is 1.27. The highest BCUT2D eigenvalue weighted by Gasteiger charge is 1.99. The molecule has 7 heavy (non-hydrogen) atoms. The largest absolute Gasteiger partial charge is 0.439 e. The summed E-state index contributed by atoms with van der Waals surface area (Å²) in [6.45, 7) is 4.32. The Labute approximate surface area is 49.7 Å². The average molecular weight is 134 g/mol. The second-order valence-corrected chi connectivity index (χ2v) is 8.65. The number of rotatable bonds is 2. The molecule has 3 heteroatoms. The molecule has 1 unspecified atom stereocenters. The molecule has 0 bridgehead atoms. The van der Waals surface area contributed by atoms with E-state index in [0.717, 1.165) is 21.7 Å². The van der Waals surface area contributed by atoms with Gasteiger partial charge in [0.1, 0.15) is 8.56 Å². The molecule has 0 saturated carbocycles. The van der Waals surface area contributed by atoms with Gasteiger partial charge < -0.3 is 4.80 Å². The fraction of sp³-hybridized carbons (Fsp3) is 1.00. The van der Waals surface area contributed by atoms with Gasteiger partial charge >= 0.3 is 0 Å². The van der Waals surface area contributed by atoms with Gasteiger partial charge in [-0.1, -0.05) is 13.8 Å². The van der Waals surface area contributed by atoms with Gasteiger partial charge in [-0.25, -0.2) is 0 Å². The molecule has 0 aromatic heterocycles. The van der Waals surface area contributed by atoms with Crippen LogP contribution in [0.2, 0.25) is 6.04 Å². The van der Waals surface area contributed by atoms with Crippen LogP contribution >= 0.6 is 0 Å². The molecule has 0 aliphatic rings. The maximum atomic E-state index is 8.92. The smallest absolute Gasteiger partial charge is 0.149 e. The Kier molecular flexibility index (Phi) is 3.59. The summed E-state index contributed by atoms with van der Waals surface area (Å²) in [5, 5.41) is 0. The first-order chi connectivity index (χ1) is 3.13. The number of hydrogen-bond acceptors (Lipinski definition) is 1. The summed E-state index contributed by atoms with van der Waals surface area (Å²) in [7, 11) is -0.0282. The lowest BCUT2D eigenvalue weighted by Gasteiger charge is -2.02. The van der Waals surface area contributed by atoms with Crippen LogP contribution in [0.4, 0.5) is 0 Å². The zero-order chi connectivity index (χ0) is 5.86. The molecule has 0 aliphatic heterocycles. The molecule has 0 saturated heterocycles. The molecule has 0 aromatic rings. The van der Waals surface area contributed by atoms with Gasteiger partial charge in [0.15, 0.2) is 0 Å². The van der Waals surface area contributed by atoms with Crippen molar-refractivity contribution in [3.8, 4) is 0 Å². The first kappa shape index (κ1) is 7.39. The van der Waals surface area contributed by atoms with E-state index in [0.29, 0.717) is 0 Å². The first-order valence-electron chi connectivity index (χ1n) is 2.81. The predicted molar refractivity (Wildman–Crippen MR) is 39.0 cm³/mol. The van der Waals surface area contributed by atoms with Crippen LogP contribution in [0.25, 0.3) is 0 Å². The summed E-state index contributed by atoms with van der Waals surface area (Å²) in [6.07, 6.45) is 0. The van der Waals surface area contributed by atoms with Crippen LogP contribution in [0.5, 0.6) is 0 Å². The van der Waals surface area contributed by atoms with Crippen molar-refractivity contribution in [2.75, 3.05) is 0 Å². The van der Waals surface area contributed by atoms with Crippen LogP contribution in [0.15, 0.2) is 0 Å². The van der Waals surface area contributed by atoms with Crippen molar-refractivity contribution in [1.29, 1.82) is 0 Å². The molecular weight excluding hydrogens is 120 g/mol. The Hall–Kier alpha value is 0.394. The standard InChI is InChI=1S/C4H14OSi2/c1-4(2)3-7(5)6/h4-5,7H,3H2,1-2,6H3. The van der Waals surface area contributed by atoms with Crippen LogP contribution in [0.1, 0.15) is 13.8 Å². The molecule has 0 aromatic carbocycles. The minimum Gasteiger partial charge on any atom is -0.439 e. The third kappa shape index (κ3) is 6.39. The lowest BCUT2D eigenvalue weighted by atomic mass is 10.3. The molecule has 1 N–H and O–H groups in total. The highest BCUT2D eigenvalue weighted by molar-refractivity contribution is 6.98. The van der Waals surface area contributed by atoms with Crippen molar-refractivity contribution in [3.05, 3.63) is 0 Å². The van der Waals surface area contributed by atoms with E-state index in [1.54, 1.807) is 0 Å².